The summed E-state index contributed by atoms with van der Waals surface area (Å²) < 4.78 is 8.23. The van der Waals surface area contributed by atoms with Crippen LogP contribution in [0.1, 0.15) is 42.9 Å². The number of allylic oxidation sites excluding steroid dienone is 1. The summed E-state index contributed by atoms with van der Waals surface area (Å²) in [6.07, 6.45) is 5.75. The molecule has 0 saturated carbocycles. The minimum atomic E-state index is 0.366. The van der Waals surface area contributed by atoms with Gasteiger partial charge in [-0.15, -0.1) is 10.2 Å². The van der Waals surface area contributed by atoms with Gasteiger partial charge in [0.15, 0.2) is 0 Å². The van der Waals surface area contributed by atoms with E-state index < -0.39 is 0 Å². The fourth-order valence-corrected chi connectivity index (χ4v) is 6.07. The van der Waals surface area contributed by atoms with Gasteiger partial charge >= 0.3 is 0 Å². The van der Waals surface area contributed by atoms with Crippen molar-refractivity contribution >= 4 is 16.9 Å². The predicted octanol–water partition coefficient (Wildman–Crippen LogP) is 5.77. The van der Waals surface area contributed by atoms with Crippen molar-refractivity contribution in [1.29, 1.82) is 0 Å². The van der Waals surface area contributed by atoms with Crippen LogP contribution in [0.2, 0.25) is 0 Å². The molecular formula is C32H32N8O. The molecule has 0 bridgehead atoms. The quantitative estimate of drug-likeness (QED) is 0.280. The summed E-state index contributed by atoms with van der Waals surface area (Å²) >= 11 is 0. The summed E-state index contributed by atoms with van der Waals surface area (Å²) in [6.45, 7) is 5.21. The Morgan fingerprint density at radius 3 is 2.68 bits per heavy atom. The van der Waals surface area contributed by atoms with E-state index >= 15 is 0 Å². The number of aliphatic imine (C=N–C) groups is 1. The first-order valence-electron chi connectivity index (χ1n) is 14.2. The fraction of sp³-hybridized carbons (Fsp3) is 0.281. The minimum absolute atomic E-state index is 0.366. The number of benzene rings is 3. The summed E-state index contributed by atoms with van der Waals surface area (Å²) in [5.74, 6) is 1.58. The number of rotatable bonds is 7. The van der Waals surface area contributed by atoms with Crippen molar-refractivity contribution in [2.75, 3.05) is 13.7 Å². The Hall–Kier alpha value is -4.79. The average Bonchev–Trinajstić information content (AvgIpc) is 3.73. The summed E-state index contributed by atoms with van der Waals surface area (Å²) in [7, 11) is 2.16. The molecule has 1 N–H and O–H groups in total. The maximum absolute atomic E-state index is 6.07. The van der Waals surface area contributed by atoms with Crippen LogP contribution < -0.4 is 4.74 Å². The van der Waals surface area contributed by atoms with Crippen molar-refractivity contribution in [1.82, 2.24) is 35.1 Å². The molecule has 0 radical (unpaired) electrons. The summed E-state index contributed by atoms with van der Waals surface area (Å²) in [5.41, 5.74) is 9.51. The van der Waals surface area contributed by atoms with Gasteiger partial charge in [-0.05, 0) is 78.8 Å². The normalized spacial score (nSPS) is 16.6. The van der Waals surface area contributed by atoms with Crippen LogP contribution in [-0.2, 0) is 6.54 Å². The van der Waals surface area contributed by atoms with Gasteiger partial charge in [-0.1, -0.05) is 48.5 Å². The zero-order valence-corrected chi connectivity index (χ0v) is 23.5. The predicted molar refractivity (Wildman–Crippen MR) is 160 cm³/mol. The van der Waals surface area contributed by atoms with Crippen molar-refractivity contribution < 1.29 is 4.74 Å². The molecule has 1 aliphatic heterocycles. The second kappa shape index (κ2) is 10.3. The highest BCUT2D eigenvalue weighted by atomic mass is 16.5. The molecule has 3 heterocycles. The van der Waals surface area contributed by atoms with Gasteiger partial charge in [-0.25, -0.2) is 4.99 Å². The smallest absolute Gasteiger partial charge is 0.297 e. The van der Waals surface area contributed by atoms with Crippen LogP contribution in [0, 0.1) is 6.92 Å². The Balaban J connectivity index is 1.33. The molecule has 9 heteroatoms. The number of likely N-dealkylation sites (N-methyl/N-ethyl adjacent to an activating group) is 1. The Kier molecular flexibility index (Phi) is 6.34. The van der Waals surface area contributed by atoms with Crippen LogP contribution in [0.15, 0.2) is 77.4 Å². The lowest BCUT2D eigenvalue weighted by Crippen LogP contribution is -2.33. The third kappa shape index (κ3) is 4.47. The largest absolute Gasteiger partial charge is 0.465 e. The zero-order chi connectivity index (χ0) is 27.9. The number of aromatic nitrogens is 6. The molecule has 2 aliphatic rings. The number of hydrogen-bond donors (Lipinski definition) is 1. The molecule has 2 aromatic heterocycles. The zero-order valence-electron chi connectivity index (χ0n) is 23.5. The number of ether oxygens (including phenoxy) is 1. The monoisotopic (exact) mass is 544 g/mol. The summed E-state index contributed by atoms with van der Waals surface area (Å²) in [4.78, 5) is 12.3. The van der Waals surface area contributed by atoms with Gasteiger partial charge in [0.2, 0.25) is 5.82 Å². The van der Waals surface area contributed by atoms with Crippen LogP contribution >= 0.6 is 0 Å². The van der Waals surface area contributed by atoms with Gasteiger partial charge < -0.3 is 9.64 Å². The van der Waals surface area contributed by atoms with Crippen molar-refractivity contribution in [3.05, 3.63) is 89.1 Å². The highest BCUT2D eigenvalue weighted by Gasteiger charge is 2.31. The lowest BCUT2D eigenvalue weighted by Gasteiger charge is -2.26. The highest BCUT2D eigenvalue weighted by Crippen LogP contribution is 2.35. The van der Waals surface area contributed by atoms with E-state index in [1.165, 1.54) is 12.1 Å². The van der Waals surface area contributed by atoms with E-state index in [0.717, 1.165) is 63.1 Å². The average molecular weight is 545 g/mol. The lowest BCUT2D eigenvalue weighted by molar-refractivity contribution is 0.301. The van der Waals surface area contributed by atoms with Crippen LogP contribution in [0.25, 0.3) is 33.5 Å². The molecule has 0 saturated heterocycles. The number of nitrogens with zero attached hydrogens (tertiary/aromatic N) is 7. The molecule has 9 nitrogen and oxygen atoms in total. The van der Waals surface area contributed by atoms with Gasteiger partial charge in [-0.3, -0.25) is 4.57 Å². The molecule has 7 rings (SSSR count). The van der Waals surface area contributed by atoms with Crippen molar-refractivity contribution in [3.8, 4) is 28.5 Å². The number of fused-ring (bicyclic) bond motifs is 2. The Labute approximate surface area is 238 Å². The van der Waals surface area contributed by atoms with Gasteiger partial charge in [0.05, 0.1) is 35.9 Å². The number of imidazole rings is 1. The standard InChI is InChI=1S/C32H32N8O/c1-4-41-32-34-29-20(2)16-23(31-33-26-12-8-9-13-27(26)39(31)3)18-28(29)40(32)19-21-14-15-24(22-10-6-5-7-11-22)25(17-21)30-35-37-38-36-30/h5-7,10-12,14-18,27H,4,8-9,13,19H2,1-3H3,(H,35,36,37,38). The second-order valence-electron chi connectivity index (χ2n) is 10.7. The molecule has 3 aromatic carbocycles. The van der Waals surface area contributed by atoms with Crippen LogP contribution in [0.4, 0.5) is 0 Å². The number of aryl methyl sites for hydroxylation is 1. The first kappa shape index (κ1) is 25.2. The number of hydrogen-bond acceptors (Lipinski definition) is 7. The molecule has 1 unspecified atom stereocenters. The maximum atomic E-state index is 6.07. The summed E-state index contributed by atoms with van der Waals surface area (Å²) in [6, 6.07) is 22.1. The molecule has 1 aliphatic carbocycles. The Morgan fingerprint density at radius 1 is 1.02 bits per heavy atom. The van der Waals surface area contributed by atoms with Crippen LogP contribution in [0.5, 0.6) is 6.01 Å². The van der Waals surface area contributed by atoms with Gasteiger partial charge in [0.25, 0.3) is 6.01 Å². The molecule has 41 heavy (non-hydrogen) atoms. The van der Waals surface area contributed by atoms with Gasteiger partial charge in [0.1, 0.15) is 5.84 Å². The number of tetrazole rings is 1. The first-order valence-corrected chi connectivity index (χ1v) is 14.2. The Morgan fingerprint density at radius 2 is 1.90 bits per heavy atom. The number of aromatic amines is 1. The van der Waals surface area contributed by atoms with E-state index in [0.29, 0.717) is 31.0 Å². The SMILES string of the molecule is CCOc1nc2c(C)cc(C3=NC4=CCCCC4N3C)cc2n1Cc1ccc(-c2ccccc2)c(-c2nn[nH]n2)c1. The lowest BCUT2D eigenvalue weighted by atomic mass is 9.97. The highest BCUT2D eigenvalue weighted by molar-refractivity contribution is 6.04. The second-order valence-corrected chi connectivity index (χ2v) is 10.7. The molecule has 1 atom stereocenters. The molecule has 0 amide bonds. The van der Waals surface area contributed by atoms with Crippen molar-refractivity contribution in [2.45, 2.75) is 45.7 Å². The number of amidine groups is 1. The molecular weight excluding hydrogens is 512 g/mol. The molecule has 206 valence electrons. The van der Waals surface area contributed by atoms with Crippen molar-refractivity contribution in [3.63, 3.8) is 0 Å². The van der Waals surface area contributed by atoms with Crippen molar-refractivity contribution in [2.24, 2.45) is 4.99 Å². The van der Waals surface area contributed by atoms with E-state index in [1.807, 2.05) is 25.1 Å². The van der Waals surface area contributed by atoms with E-state index in [-0.39, 0.29) is 0 Å². The third-order valence-corrected chi connectivity index (χ3v) is 8.05. The van der Waals surface area contributed by atoms with Gasteiger partial charge in [-0.2, -0.15) is 10.2 Å². The van der Waals surface area contributed by atoms with Crippen LogP contribution in [-0.4, -0.2) is 60.6 Å². The number of H-pyrrole nitrogens is 1. The van der Waals surface area contributed by atoms with Crippen LogP contribution in [0.3, 0.4) is 0 Å². The fourth-order valence-electron chi connectivity index (χ4n) is 6.07. The third-order valence-electron chi connectivity index (χ3n) is 8.05. The Bertz CT molecular complexity index is 1790. The molecule has 0 spiro atoms. The first-order chi connectivity index (χ1) is 20.1. The van der Waals surface area contributed by atoms with E-state index in [4.69, 9.17) is 14.7 Å². The van der Waals surface area contributed by atoms with E-state index in [9.17, 15) is 0 Å². The topological polar surface area (TPSA) is 97.1 Å². The number of nitrogens with one attached hydrogen (secondary N) is 1. The van der Waals surface area contributed by atoms with Gasteiger partial charge in [0, 0.05) is 18.2 Å². The maximum Gasteiger partial charge on any atom is 0.297 e. The molecule has 0 fully saturated rings. The minimum Gasteiger partial charge on any atom is -0.465 e. The molecule has 5 aromatic rings. The summed E-state index contributed by atoms with van der Waals surface area (Å²) in [5, 5.41) is 15.0. The van der Waals surface area contributed by atoms with E-state index in [1.54, 1.807) is 0 Å². The van der Waals surface area contributed by atoms with E-state index in [2.05, 4.69) is 92.6 Å².